The molecule has 30 heavy (non-hydrogen) atoms. The zero-order chi connectivity index (χ0) is 21.5. The second-order valence-electron chi connectivity index (χ2n) is 6.27. The highest BCUT2D eigenvalue weighted by molar-refractivity contribution is 6.33. The van der Waals surface area contributed by atoms with Crippen LogP contribution in [0.15, 0.2) is 60.8 Å². The number of methoxy groups -OCH3 is 1. The second kappa shape index (κ2) is 10.1. The molecule has 0 aliphatic rings. The third kappa shape index (κ3) is 5.72. The molecule has 3 aromatic rings. The van der Waals surface area contributed by atoms with E-state index in [0.717, 1.165) is 5.56 Å². The van der Waals surface area contributed by atoms with E-state index in [4.69, 9.17) is 27.9 Å². The van der Waals surface area contributed by atoms with Crippen molar-refractivity contribution in [3.05, 3.63) is 93.2 Å². The van der Waals surface area contributed by atoms with Crippen molar-refractivity contribution in [2.75, 3.05) is 7.11 Å². The van der Waals surface area contributed by atoms with Crippen LogP contribution >= 0.6 is 23.2 Å². The van der Waals surface area contributed by atoms with Crippen molar-refractivity contribution in [2.45, 2.75) is 13.2 Å². The number of nitrogens with one attached hydrogen (secondary N) is 1. The number of hydrogen-bond acceptors (Lipinski definition) is 5. The Balaban J connectivity index is 1.62. The number of ether oxygens (including phenoxy) is 2. The highest BCUT2D eigenvalue weighted by Gasteiger charge is 2.13. The molecule has 6 nitrogen and oxygen atoms in total. The van der Waals surface area contributed by atoms with Crippen LogP contribution in [0.2, 0.25) is 10.0 Å². The van der Waals surface area contributed by atoms with Gasteiger partial charge in [-0.2, -0.15) is 0 Å². The lowest BCUT2D eigenvalue weighted by Crippen LogP contribution is -2.23. The van der Waals surface area contributed by atoms with E-state index in [1.54, 1.807) is 36.4 Å². The molecule has 0 saturated carbocycles. The van der Waals surface area contributed by atoms with Crippen LogP contribution in [0.5, 0.6) is 5.75 Å². The normalized spacial score (nSPS) is 10.4. The Hall–Kier alpha value is -3.09. The smallest absolute Gasteiger partial charge is 0.339 e. The van der Waals surface area contributed by atoms with Crippen LogP contribution in [0.3, 0.4) is 0 Å². The summed E-state index contributed by atoms with van der Waals surface area (Å²) in [4.78, 5) is 28.1. The minimum atomic E-state index is -0.473. The first-order valence-corrected chi connectivity index (χ1v) is 9.70. The van der Waals surface area contributed by atoms with Gasteiger partial charge in [0.1, 0.15) is 12.4 Å². The monoisotopic (exact) mass is 444 g/mol. The predicted octanol–water partition coefficient (Wildman–Crippen LogP) is 4.68. The van der Waals surface area contributed by atoms with Crippen LogP contribution in [0.4, 0.5) is 0 Å². The van der Waals surface area contributed by atoms with E-state index in [2.05, 4.69) is 15.0 Å². The quantitative estimate of drug-likeness (QED) is 0.535. The van der Waals surface area contributed by atoms with Crippen molar-refractivity contribution in [3.8, 4) is 5.75 Å². The molecule has 0 radical (unpaired) electrons. The predicted molar refractivity (Wildman–Crippen MR) is 114 cm³/mol. The molecule has 0 atom stereocenters. The summed E-state index contributed by atoms with van der Waals surface area (Å²) in [5.74, 6) is -0.336. The third-order valence-corrected chi connectivity index (χ3v) is 4.72. The van der Waals surface area contributed by atoms with E-state index in [1.165, 1.54) is 13.3 Å². The van der Waals surface area contributed by atoms with Crippen LogP contribution < -0.4 is 10.1 Å². The molecule has 8 heteroatoms. The number of pyridine rings is 1. The molecule has 2 aromatic carbocycles. The molecular formula is C22H18Cl2N2O4. The van der Waals surface area contributed by atoms with Crippen LogP contribution in [0.25, 0.3) is 0 Å². The Bertz CT molecular complexity index is 1060. The lowest BCUT2D eigenvalue weighted by Gasteiger charge is -2.11. The summed E-state index contributed by atoms with van der Waals surface area (Å²) in [6.07, 6.45) is 1.39. The first kappa shape index (κ1) is 21.6. The van der Waals surface area contributed by atoms with E-state index in [9.17, 15) is 9.59 Å². The molecule has 0 fully saturated rings. The number of halogens is 2. The van der Waals surface area contributed by atoms with E-state index in [1.807, 2.05) is 18.2 Å². The highest BCUT2D eigenvalue weighted by Crippen LogP contribution is 2.23. The summed E-state index contributed by atoms with van der Waals surface area (Å²) < 4.78 is 10.4. The Morgan fingerprint density at radius 1 is 1.07 bits per heavy atom. The van der Waals surface area contributed by atoms with Gasteiger partial charge in [-0.25, -0.2) is 4.79 Å². The first-order valence-electron chi connectivity index (χ1n) is 8.94. The standard InChI is InChI=1S/C22H18Cl2N2O4/c1-29-22(28)15-5-6-17(25-11-15)12-26-21(27)19-10-18(7-8-20(19)24)30-13-14-3-2-4-16(23)9-14/h2-11H,12-13H2,1H3,(H,26,27). The third-order valence-electron chi connectivity index (χ3n) is 4.15. The molecule has 1 N–H and O–H groups in total. The summed E-state index contributed by atoms with van der Waals surface area (Å²) in [6.45, 7) is 0.476. The van der Waals surface area contributed by atoms with E-state index < -0.39 is 5.97 Å². The minimum absolute atomic E-state index is 0.171. The number of amides is 1. The number of carbonyl (C=O) groups excluding carboxylic acids is 2. The number of rotatable bonds is 7. The van der Waals surface area contributed by atoms with Gasteiger partial charge >= 0.3 is 5.97 Å². The van der Waals surface area contributed by atoms with Crippen LogP contribution in [-0.2, 0) is 17.9 Å². The fraction of sp³-hybridized carbons (Fsp3) is 0.136. The molecule has 0 aliphatic heterocycles. The summed E-state index contributed by atoms with van der Waals surface area (Å²) in [5.41, 5.74) is 2.11. The average molecular weight is 445 g/mol. The Morgan fingerprint density at radius 3 is 2.60 bits per heavy atom. The molecule has 0 unspecified atom stereocenters. The maximum Gasteiger partial charge on any atom is 0.339 e. The fourth-order valence-corrected chi connectivity index (χ4v) is 3.01. The first-order chi connectivity index (χ1) is 14.5. The molecule has 0 spiro atoms. The number of hydrogen-bond donors (Lipinski definition) is 1. The van der Waals surface area contributed by atoms with Gasteiger partial charge in [-0.05, 0) is 48.0 Å². The topological polar surface area (TPSA) is 77.5 Å². The van der Waals surface area contributed by atoms with Gasteiger partial charge in [0, 0.05) is 11.2 Å². The lowest BCUT2D eigenvalue weighted by atomic mass is 10.2. The Labute approximate surface area is 183 Å². The van der Waals surface area contributed by atoms with Gasteiger partial charge in [-0.3, -0.25) is 9.78 Å². The van der Waals surface area contributed by atoms with Gasteiger partial charge < -0.3 is 14.8 Å². The molecule has 0 aliphatic carbocycles. The molecule has 3 rings (SSSR count). The van der Waals surface area contributed by atoms with Crippen molar-refractivity contribution in [2.24, 2.45) is 0 Å². The van der Waals surface area contributed by atoms with E-state index in [-0.39, 0.29) is 18.0 Å². The molecule has 0 bridgehead atoms. The molecule has 1 aromatic heterocycles. The van der Waals surface area contributed by atoms with Crippen molar-refractivity contribution in [3.63, 3.8) is 0 Å². The second-order valence-corrected chi connectivity index (χ2v) is 7.12. The van der Waals surface area contributed by atoms with Crippen molar-refractivity contribution in [1.29, 1.82) is 0 Å². The molecule has 0 saturated heterocycles. The van der Waals surface area contributed by atoms with Crippen LogP contribution in [0.1, 0.15) is 32.0 Å². The number of aromatic nitrogens is 1. The zero-order valence-corrected chi connectivity index (χ0v) is 17.5. The van der Waals surface area contributed by atoms with Gasteiger partial charge in [0.15, 0.2) is 0 Å². The SMILES string of the molecule is COC(=O)c1ccc(CNC(=O)c2cc(OCc3cccc(Cl)c3)ccc2Cl)nc1. The number of benzene rings is 2. The van der Waals surface area contributed by atoms with Crippen molar-refractivity contribution in [1.82, 2.24) is 10.3 Å². The van der Waals surface area contributed by atoms with E-state index >= 15 is 0 Å². The average Bonchev–Trinajstić information content (AvgIpc) is 2.76. The van der Waals surface area contributed by atoms with Crippen LogP contribution in [-0.4, -0.2) is 24.0 Å². The maximum absolute atomic E-state index is 12.6. The number of esters is 1. The molecule has 1 amide bonds. The Kier molecular flexibility index (Phi) is 7.27. The lowest BCUT2D eigenvalue weighted by molar-refractivity contribution is 0.0600. The molecule has 1 heterocycles. The van der Waals surface area contributed by atoms with Gasteiger partial charge in [-0.1, -0.05) is 35.3 Å². The number of carbonyl (C=O) groups is 2. The van der Waals surface area contributed by atoms with Crippen LogP contribution in [0, 0.1) is 0 Å². The van der Waals surface area contributed by atoms with Crippen molar-refractivity contribution < 1.29 is 19.1 Å². The summed E-state index contributed by atoms with van der Waals surface area (Å²) in [7, 11) is 1.30. The minimum Gasteiger partial charge on any atom is -0.489 e. The largest absolute Gasteiger partial charge is 0.489 e. The van der Waals surface area contributed by atoms with Crippen molar-refractivity contribution >= 4 is 35.1 Å². The summed E-state index contributed by atoms with van der Waals surface area (Å²) in [6, 6.07) is 15.4. The summed E-state index contributed by atoms with van der Waals surface area (Å²) >= 11 is 12.2. The van der Waals surface area contributed by atoms with Gasteiger partial charge in [0.25, 0.3) is 5.91 Å². The highest BCUT2D eigenvalue weighted by atomic mass is 35.5. The fourth-order valence-electron chi connectivity index (χ4n) is 2.60. The molecular weight excluding hydrogens is 427 g/mol. The number of nitrogens with zero attached hydrogens (tertiary/aromatic N) is 1. The van der Waals surface area contributed by atoms with Gasteiger partial charge in [0.05, 0.1) is 35.5 Å². The maximum atomic E-state index is 12.6. The van der Waals surface area contributed by atoms with E-state index in [0.29, 0.717) is 33.7 Å². The Morgan fingerprint density at radius 2 is 1.90 bits per heavy atom. The molecule has 154 valence electrons. The van der Waals surface area contributed by atoms with Gasteiger partial charge in [-0.15, -0.1) is 0 Å². The van der Waals surface area contributed by atoms with Gasteiger partial charge in [0.2, 0.25) is 0 Å². The zero-order valence-electron chi connectivity index (χ0n) is 16.0. The summed E-state index contributed by atoms with van der Waals surface area (Å²) in [5, 5.41) is 3.68.